The van der Waals surface area contributed by atoms with E-state index in [9.17, 15) is 18.0 Å². The summed E-state index contributed by atoms with van der Waals surface area (Å²) in [4.78, 5) is 14.2. The summed E-state index contributed by atoms with van der Waals surface area (Å²) in [5, 5.41) is 0. The van der Waals surface area contributed by atoms with Crippen molar-refractivity contribution in [2.45, 2.75) is 50.2 Å². The first-order valence-corrected chi connectivity index (χ1v) is 8.53. The van der Waals surface area contributed by atoms with Gasteiger partial charge in [-0.05, 0) is 56.1 Å². The summed E-state index contributed by atoms with van der Waals surface area (Å²) in [6.45, 7) is 1.33. The lowest BCUT2D eigenvalue weighted by Gasteiger charge is -2.34. The van der Waals surface area contributed by atoms with Gasteiger partial charge in [-0.1, -0.05) is 18.2 Å². The summed E-state index contributed by atoms with van der Waals surface area (Å²) in [6.07, 6.45) is 0.0640. The summed E-state index contributed by atoms with van der Waals surface area (Å²) < 4.78 is 39.2. The average molecular weight is 340 g/mol. The highest BCUT2D eigenvalue weighted by Gasteiger charge is 2.48. The van der Waals surface area contributed by atoms with Gasteiger partial charge in [-0.2, -0.15) is 13.2 Å². The smallest absolute Gasteiger partial charge is 0.341 e. The van der Waals surface area contributed by atoms with Crippen LogP contribution >= 0.6 is 0 Å². The molecule has 0 radical (unpaired) electrons. The van der Waals surface area contributed by atoms with Gasteiger partial charge in [-0.15, -0.1) is 0 Å². The summed E-state index contributed by atoms with van der Waals surface area (Å²) in [6, 6.07) is 5.75. The van der Waals surface area contributed by atoms with E-state index in [1.54, 1.807) is 12.1 Å². The molecule has 6 heteroatoms. The van der Waals surface area contributed by atoms with Crippen LogP contribution in [0.1, 0.15) is 43.2 Å². The van der Waals surface area contributed by atoms with Crippen molar-refractivity contribution in [3.05, 3.63) is 35.4 Å². The second kappa shape index (κ2) is 6.39. The topological polar surface area (TPSA) is 46.3 Å². The normalized spacial score (nSPS) is 23.2. The molecule has 24 heavy (non-hydrogen) atoms. The third-order valence-corrected chi connectivity index (χ3v) is 5.17. The first-order valence-electron chi connectivity index (χ1n) is 8.53. The number of amides is 1. The van der Waals surface area contributed by atoms with Gasteiger partial charge in [-0.3, -0.25) is 4.79 Å². The van der Waals surface area contributed by atoms with Crippen LogP contribution in [0.5, 0.6) is 0 Å². The molecule has 2 N–H and O–H groups in total. The molecule has 0 bridgehead atoms. The standard InChI is InChI=1S/C18H23F3N2O/c19-18(20,21)15-6-2-1-5-14(15)8-7-13-4-3-11-23(12-13)16(24)17(22)9-10-17/h1-2,5-6,13H,3-4,7-12,22H2/t13-/m0/s1. The Labute approximate surface area is 140 Å². The van der Waals surface area contributed by atoms with Crippen LogP contribution in [0, 0.1) is 5.92 Å². The number of nitrogens with zero attached hydrogens (tertiary/aromatic N) is 1. The van der Waals surface area contributed by atoms with E-state index >= 15 is 0 Å². The van der Waals surface area contributed by atoms with Crippen LogP contribution in [-0.4, -0.2) is 29.4 Å². The Balaban J connectivity index is 1.60. The minimum atomic E-state index is -4.32. The zero-order valence-electron chi connectivity index (χ0n) is 13.6. The number of hydrogen-bond donors (Lipinski definition) is 1. The Hall–Kier alpha value is -1.56. The lowest BCUT2D eigenvalue weighted by Crippen LogP contribution is -2.49. The van der Waals surface area contributed by atoms with Gasteiger partial charge in [0.05, 0.1) is 11.1 Å². The summed E-state index contributed by atoms with van der Waals surface area (Å²) >= 11 is 0. The predicted molar refractivity (Wildman–Crippen MR) is 85.2 cm³/mol. The highest BCUT2D eigenvalue weighted by Crippen LogP contribution is 2.36. The van der Waals surface area contributed by atoms with Crippen LogP contribution in [0.2, 0.25) is 0 Å². The summed E-state index contributed by atoms with van der Waals surface area (Å²) in [5.41, 5.74) is 5.11. The number of hydrogen-bond acceptors (Lipinski definition) is 2. The van der Waals surface area contributed by atoms with Crippen molar-refractivity contribution in [2.24, 2.45) is 11.7 Å². The molecule has 1 aliphatic carbocycles. The predicted octanol–water partition coefficient (Wildman–Crippen LogP) is 3.37. The molecule has 1 heterocycles. The number of halogens is 3. The van der Waals surface area contributed by atoms with Gasteiger partial charge < -0.3 is 10.6 Å². The number of nitrogens with two attached hydrogens (primary N) is 1. The van der Waals surface area contributed by atoms with Gasteiger partial charge in [-0.25, -0.2) is 0 Å². The van der Waals surface area contributed by atoms with Crippen molar-refractivity contribution in [2.75, 3.05) is 13.1 Å². The third-order valence-electron chi connectivity index (χ3n) is 5.17. The second-order valence-electron chi connectivity index (χ2n) is 7.11. The minimum absolute atomic E-state index is 0.0166. The number of alkyl halides is 3. The van der Waals surface area contributed by atoms with E-state index in [1.165, 1.54) is 6.07 Å². The average Bonchev–Trinajstić information content (AvgIpc) is 3.31. The SMILES string of the molecule is NC1(C(=O)N2CCC[C@@H](CCc3ccccc3C(F)(F)F)C2)CC1. The Morgan fingerprint density at radius 2 is 2.00 bits per heavy atom. The fourth-order valence-corrected chi connectivity index (χ4v) is 3.52. The van der Waals surface area contributed by atoms with E-state index in [1.807, 2.05) is 4.90 Å². The quantitative estimate of drug-likeness (QED) is 0.913. The summed E-state index contributed by atoms with van der Waals surface area (Å²) in [5.74, 6) is 0.259. The molecule has 1 saturated heterocycles. The maximum absolute atomic E-state index is 13.1. The van der Waals surface area contributed by atoms with Crippen molar-refractivity contribution < 1.29 is 18.0 Å². The zero-order chi connectivity index (χ0) is 17.4. The monoisotopic (exact) mass is 340 g/mol. The van der Waals surface area contributed by atoms with Gasteiger partial charge in [0, 0.05) is 13.1 Å². The molecule has 1 atom stereocenters. The molecule has 2 fully saturated rings. The number of carbonyl (C=O) groups excluding carboxylic acids is 1. The van der Waals surface area contributed by atoms with Crippen molar-refractivity contribution in [3.8, 4) is 0 Å². The minimum Gasteiger partial charge on any atom is -0.341 e. The molecule has 132 valence electrons. The molecule has 0 unspecified atom stereocenters. The van der Waals surface area contributed by atoms with Crippen molar-refractivity contribution in [1.29, 1.82) is 0 Å². The molecule has 1 aromatic carbocycles. The number of rotatable bonds is 4. The van der Waals surface area contributed by atoms with E-state index in [0.717, 1.165) is 31.7 Å². The lowest BCUT2D eigenvalue weighted by molar-refractivity contribution is -0.138. The summed E-state index contributed by atoms with van der Waals surface area (Å²) in [7, 11) is 0. The van der Waals surface area contributed by atoms with E-state index in [-0.39, 0.29) is 11.8 Å². The maximum atomic E-state index is 13.1. The number of aryl methyl sites for hydroxylation is 1. The number of likely N-dealkylation sites (tertiary alicyclic amines) is 1. The van der Waals surface area contributed by atoms with E-state index in [0.29, 0.717) is 31.5 Å². The van der Waals surface area contributed by atoms with E-state index < -0.39 is 17.3 Å². The van der Waals surface area contributed by atoms with Crippen molar-refractivity contribution in [1.82, 2.24) is 4.90 Å². The molecular weight excluding hydrogens is 317 g/mol. The van der Waals surface area contributed by atoms with Crippen molar-refractivity contribution >= 4 is 5.91 Å². The molecule has 0 aromatic heterocycles. The molecule has 3 rings (SSSR count). The van der Waals surface area contributed by atoms with E-state index in [4.69, 9.17) is 5.73 Å². The van der Waals surface area contributed by atoms with Gasteiger partial charge in [0.15, 0.2) is 0 Å². The molecule has 3 nitrogen and oxygen atoms in total. The zero-order valence-corrected chi connectivity index (χ0v) is 13.6. The number of benzene rings is 1. The lowest BCUT2D eigenvalue weighted by atomic mass is 9.90. The maximum Gasteiger partial charge on any atom is 0.416 e. The molecular formula is C18H23F3N2O. The first-order chi connectivity index (χ1) is 11.3. The number of carbonyl (C=O) groups is 1. The van der Waals surface area contributed by atoms with Crippen LogP contribution in [-0.2, 0) is 17.4 Å². The van der Waals surface area contributed by atoms with Crippen LogP contribution in [0.4, 0.5) is 13.2 Å². The molecule has 1 aliphatic heterocycles. The molecule has 1 saturated carbocycles. The van der Waals surface area contributed by atoms with Gasteiger partial charge in [0.2, 0.25) is 5.91 Å². The molecule has 0 spiro atoms. The molecule has 1 aromatic rings. The highest BCUT2D eigenvalue weighted by molar-refractivity contribution is 5.89. The van der Waals surface area contributed by atoms with Gasteiger partial charge in [0.1, 0.15) is 0 Å². The molecule has 1 amide bonds. The second-order valence-corrected chi connectivity index (χ2v) is 7.11. The fraction of sp³-hybridized carbons (Fsp3) is 0.611. The third kappa shape index (κ3) is 3.74. The van der Waals surface area contributed by atoms with Crippen LogP contribution in [0.15, 0.2) is 24.3 Å². The Bertz CT molecular complexity index is 611. The number of piperidine rings is 1. The Morgan fingerprint density at radius 3 is 2.67 bits per heavy atom. The van der Waals surface area contributed by atoms with E-state index in [2.05, 4.69) is 0 Å². The van der Waals surface area contributed by atoms with Gasteiger partial charge >= 0.3 is 6.18 Å². The highest BCUT2D eigenvalue weighted by atomic mass is 19.4. The fourth-order valence-electron chi connectivity index (χ4n) is 3.52. The van der Waals surface area contributed by atoms with Gasteiger partial charge in [0.25, 0.3) is 0 Å². The van der Waals surface area contributed by atoms with Crippen LogP contribution in [0.3, 0.4) is 0 Å². The van der Waals surface area contributed by atoms with Crippen LogP contribution in [0.25, 0.3) is 0 Å². The Kier molecular flexibility index (Phi) is 4.60. The first kappa shape index (κ1) is 17.3. The largest absolute Gasteiger partial charge is 0.416 e. The molecule has 2 aliphatic rings. The van der Waals surface area contributed by atoms with Crippen molar-refractivity contribution in [3.63, 3.8) is 0 Å². The Morgan fingerprint density at radius 1 is 1.29 bits per heavy atom. The van der Waals surface area contributed by atoms with Crippen LogP contribution < -0.4 is 5.73 Å².